The van der Waals surface area contributed by atoms with Gasteiger partial charge in [0.05, 0.1) is 23.0 Å². The Morgan fingerprint density at radius 2 is 1.45 bits per heavy atom. The van der Waals surface area contributed by atoms with Gasteiger partial charge in [0.15, 0.2) is 0 Å². The Morgan fingerprint density at radius 3 is 1.86 bits per heavy atom. The van der Waals surface area contributed by atoms with Crippen LogP contribution in [0, 0.1) is 20.2 Å². The van der Waals surface area contributed by atoms with E-state index in [2.05, 4.69) is 0 Å². The molecule has 2 aromatic carbocycles. The summed E-state index contributed by atoms with van der Waals surface area (Å²) in [6.45, 7) is 0. The SMILES string of the molecule is COc1ccc(C(O)c2cc([N+](=O)[O-])cc([N+](=O)[O-])c2)cc1. The van der Waals surface area contributed by atoms with E-state index in [1.54, 1.807) is 24.3 Å². The highest BCUT2D eigenvalue weighted by molar-refractivity contribution is 5.49. The Kier molecular flexibility index (Phi) is 4.33. The fourth-order valence-electron chi connectivity index (χ4n) is 1.97. The lowest BCUT2D eigenvalue weighted by Gasteiger charge is -2.12. The van der Waals surface area contributed by atoms with E-state index < -0.39 is 27.3 Å². The third-order valence-corrected chi connectivity index (χ3v) is 3.09. The van der Waals surface area contributed by atoms with E-state index in [4.69, 9.17) is 4.74 Å². The molecule has 0 heterocycles. The molecule has 0 fully saturated rings. The molecule has 1 N–H and O–H groups in total. The van der Waals surface area contributed by atoms with Gasteiger partial charge < -0.3 is 9.84 Å². The van der Waals surface area contributed by atoms with Crippen LogP contribution in [0.4, 0.5) is 11.4 Å². The Labute approximate surface area is 124 Å². The molecule has 0 saturated heterocycles. The summed E-state index contributed by atoms with van der Waals surface area (Å²) in [6.07, 6.45) is -1.22. The molecule has 1 unspecified atom stereocenters. The molecule has 2 aromatic rings. The van der Waals surface area contributed by atoms with Gasteiger partial charge in [0, 0.05) is 12.1 Å². The number of nitro groups is 2. The average molecular weight is 304 g/mol. The lowest BCUT2D eigenvalue weighted by Crippen LogP contribution is -2.02. The number of ether oxygens (including phenoxy) is 1. The van der Waals surface area contributed by atoms with Crippen LogP contribution in [0.5, 0.6) is 5.75 Å². The van der Waals surface area contributed by atoms with E-state index in [0.717, 1.165) is 18.2 Å². The van der Waals surface area contributed by atoms with Crippen LogP contribution in [0.2, 0.25) is 0 Å². The van der Waals surface area contributed by atoms with Crippen molar-refractivity contribution < 1.29 is 19.7 Å². The molecule has 0 aromatic heterocycles. The fourth-order valence-corrected chi connectivity index (χ4v) is 1.97. The van der Waals surface area contributed by atoms with Crippen LogP contribution in [0.15, 0.2) is 42.5 Å². The maximum atomic E-state index is 10.9. The van der Waals surface area contributed by atoms with Gasteiger partial charge in [0.2, 0.25) is 0 Å². The second-order valence-electron chi connectivity index (χ2n) is 4.47. The summed E-state index contributed by atoms with van der Waals surface area (Å²) >= 11 is 0. The first-order chi connectivity index (χ1) is 10.4. The van der Waals surface area contributed by atoms with Crippen LogP contribution >= 0.6 is 0 Å². The highest BCUT2D eigenvalue weighted by Crippen LogP contribution is 2.30. The molecule has 8 heteroatoms. The van der Waals surface area contributed by atoms with Gasteiger partial charge in [-0.15, -0.1) is 0 Å². The van der Waals surface area contributed by atoms with E-state index in [1.165, 1.54) is 7.11 Å². The molecule has 0 aliphatic carbocycles. The summed E-state index contributed by atoms with van der Waals surface area (Å²) in [5, 5.41) is 32.0. The predicted molar refractivity (Wildman–Crippen MR) is 76.8 cm³/mol. The molecular weight excluding hydrogens is 292 g/mol. The van der Waals surface area contributed by atoms with Crippen molar-refractivity contribution in [3.05, 3.63) is 73.8 Å². The predicted octanol–water partition coefficient (Wildman–Crippen LogP) is 2.59. The maximum absolute atomic E-state index is 10.9. The van der Waals surface area contributed by atoms with Gasteiger partial charge in [-0.05, 0) is 23.3 Å². The van der Waals surface area contributed by atoms with Crippen molar-refractivity contribution in [2.24, 2.45) is 0 Å². The third kappa shape index (κ3) is 3.18. The van der Waals surface area contributed by atoms with Crippen molar-refractivity contribution in [3.63, 3.8) is 0 Å². The van der Waals surface area contributed by atoms with Gasteiger partial charge in [0.1, 0.15) is 11.9 Å². The van der Waals surface area contributed by atoms with E-state index in [1.807, 2.05) is 0 Å². The first-order valence-corrected chi connectivity index (χ1v) is 6.18. The molecule has 2 rings (SSSR count). The zero-order chi connectivity index (χ0) is 16.3. The van der Waals surface area contributed by atoms with Crippen molar-refractivity contribution in [1.82, 2.24) is 0 Å². The fraction of sp³-hybridized carbons (Fsp3) is 0.143. The standard InChI is InChI=1S/C14H12N2O6/c1-22-13-4-2-9(3-5-13)14(17)10-6-11(15(18)19)8-12(7-10)16(20)21/h2-8,14,17H,1H3. The lowest BCUT2D eigenvalue weighted by atomic mass is 10.0. The first kappa shape index (κ1) is 15.4. The number of methoxy groups -OCH3 is 1. The van der Waals surface area contributed by atoms with Crippen LogP contribution in [0.25, 0.3) is 0 Å². The van der Waals surface area contributed by atoms with Crippen molar-refractivity contribution in [1.29, 1.82) is 0 Å². The second kappa shape index (κ2) is 6.19. The number of nitrogens with zero attached hydrogens (tertiary/aromatic N) is 2. The summed E-state index contributed by atoms with van der Waals surface area (Å²) in [6, 6.07) is 9.46. The molecule has 0 radical (unpaired) electrons. The molecule has 0 amide bonds. The number of aliphatic hydroxyl groups excluding tert-OH is 1. The number of benzene rings is 2. The van der Waals surface area contributed by atoms with E-state index >= 15 is 0 Å². The summed E-state index contributed by atoms with van der Waals surface area (Å²) < 4.78 is 5.00. The van der Waals surface area contributed by atoms with Gasteiger partial charge in [-0.2, -0.15) is 0 Å². The zero-order valence-corrected chi connectivity index (χ0v) is 11.5. The van der Waals surface area contributed by atoms with E-state index in [-0.39, 0.29) is 5.56 Å². The molecule has 0 aliphatic heterocycles. The van der Waals surface area contributed by atoms with Crippen molar-refractivity contribution in [3.8, 4) is 5.75 Å². The highest BCUT2D eigenvalue weighted by Gasteiger charge is 2.21. The van der Waals surface area contributed by atoms with Crippen molar-refractivity contribution in [2.75, 3.05) is 7.11 Å². The van der Waals surface area contributed by atoms with Crippen molar-refractivity contribution in [2.45, 2.75) is 6.10 Å². The Hall–Kier alpha value is -3.00. The van der Waals surface area contributed by atoms with Gasteiger partial charge in [-0.25, -0.2) is 0 Å². The topological polar surface area (TPSA) is 116 Å². The number of nitro benzene ring substituents is 2. The van der Waals surface area contributed by atoms with Crippen LogP contribution in [0.3, 0.4) is 0 Å². The number of hydrogen-bond acceptors (Lipinski definition) is 6. The van der Waals surface area contributed by atoms with Crippen LogP contribution in [-0.2, 0) is 0 Å². The molecule has 1 atom stereocenters. The number of non-ortho nitro benzene ring substituents is 2. The molecule has 114 valence electrons. The van der Waals surface area contributed by atoms with Crippen molar-refractivity contribution >= 4 is 11.4 Å². The third-order valence-electron chi connectivity index (χ3n) is 3.09. The Morgan fingerprint density at radius 1 is 0.955 bits per heavy atom. The van der Waals surface area contributed by atoms with E-state index in [9.17, 15) is 25.3 Å². The zero-order valence-electron chi connectivity index (χ0n) is 11.5. The summed E-state index contributed by atoms with van der Waals surface area (Å²) in [5.74, 6) is 0.584. The highest BCUT2D eigenvalue weighted by atomic mass is 16.6. The van der Waals surface area contributed by atoms with E-state index in [0.29, 0.717) is 11.3 Å². The minimum atomic E-state index is -1.22. The molecular formula is C14H12N2O6. The second-order valence-corrected chi connectivity index (χ2v) is 4.47. The lowest BCUT2D eigenvalue weighted by molar-refractivity contribution is -0.394. The summed E-state index contributed by atoms with van der Waals surface area (Å²) in [5.41, 5.74) is -0.379. The number of hydrogen-bond donors (Lipinski definition) is 1. The van der Waals surface area contributed by atoms with Crippen LogP contribution in [0.1, 0.15) is 17.2 Å². The van der Waals surface area contributed by atoms with Gasteiger partial charge in [-0.3, -0.25) is 20.2 Å². The Bertz CT molecular complexity index is 682. The normalized spacial score (nSPS) is 11.7. The van der Waals surface area contributed by atoms with Gasteiger partial charge in [-0.1, -0.05) is 12.1 Å². The van der Waals surface area contributed by atoms with Crippen LogP contribution in [-0.4, -0.2) is 22.1 Å². The molecule has 0 saturated carbocycles. The molecule has 0 bridgehead atoms. The van der Waals surface area contributed by atoms with Gasteiger partial charge in [0.25, 0.3) is 11.4 Å². The summed E-state index contributed by atoms with van der Waals surface area (Å²) in [4.78, 5) is 20.2. The number of aliphatic hydroxyl groups is 1. The quantitative estimate of drug-likeness (QED) is 0.670. The summed E-state index contributed by atoms with van der Waals surface area (Å²) in [7, 11) is 1.50. The Balaban J connectivity index is 2.44. The number of rotatable bonds is 5. The largest absolute Gasteiger partial charge is 0.497 e. The van der Waals surface area contributed by atoms with Crippen LogP contribution < -0.4 is 4.74 Å². The van der Waals surface area contributed by atoms with Gasteiger partial charge >= 0.3 is 0 Å². The minimum Gasteiger partial charge on any atom is -0.497 e. The molecule has 8 nitrogen and oxygen atoms in total. The average Bonchev–Trinajstić information content (AvgIpc) is 2.53. The first-order valence-electron chi connectivity index (χ1n) is 6.18. The minimum absolute atomic E-state index is 0.0751. The molecule has 0 aliphatic rings. The smallest absolute Gasteiger partial charge is 0.276 e. The maximum Gasteiger partial charge on any atom is 0.276 e. The monoisotopic (exact) mass is 304 g/mol. The molecule has 22 heavy (non-hydrogen) atoms. The molecule has 0 spiro atoms.